The number of hydrogen-bond donors (Lipinski definition) is 0. The van der Waals surface area contributed by atoms with Crippen LogP contribution in [0.1, 0.15) is 11.1 Å². The molecule has 0 bridgehead atoms. The van der Waals surface area contributed by atoms with Gasteiger partial charge in [-0.3, -0.25) is 18.4 Å². The number of fused-ring (bicyclic) bond motifs is 8. The van der Waals surface area contributed by atoms with E-state index in [2.05, 4.69) is 22.1 Å². The molecule has 0 saturated heterocycles. The Morgan fingerprint density at radius 1 is 0.500 bits per heavy atom. The van der Waals surface area contributed by atoms with Crippen LogP contribution in [0.25, 0.3) is 76.5 Å². The molecule has 0 fully saturated rings. The molecule has 0 aliphatic rings. The summed E-state index contributed by atoms with van der Waals surface area (Å²) >= 11 is 0. The Morgan fingerprint density at radius 3 is 1.54 bits per heavy atom. The first-order chi connectivity index (χ1) is 22.6. The molecule has 8 heteroatoms. The summed E-state index contributed by atoms with van der Waals surface area (Å²) in [6, 6.07) is 38.1. The van der Waals surface area contributed by atoms with Crippen LogP contribution in [0.5, 0.6) is 0 Å². The molecular formula is C38H18N6O2. The normalized spacial score (nSPS) is 11.6. The van der Waals surface area contributed by atoms with Crippen LogP contribution in [0.4, 0.5) is 0 Å². The molecule has 212 valence electrons. The molecule has 10 rings (SSSR count). The Kier molecular flexibility index (Phi) is 5.17. The molecule has 0 saturated carbocycles. The highest BCUT2D eigenvalue weighted by atomic mass is 16.1. The van der Waals surface area contributed by atoms with Crippen LogP contribution >= 0.6 is 0 Å². The number of benzene rings is 6. The summed E-state index contributed by atoms with van der Waals surface area (Å²) in [5.74, 6) is 0. The zero-order chi connectivity index (χ0) is 31.1. The average Bonchev–Trinajstić information content (AvgIpc) is 3.68. The van der Waals surface area contributed by atoms with Gasteiger partial charge in [-0.2, -0.15) is 10.5 Å². The second-order valence-corrected chi connectivity index (χ2v) is 11.2. The molecule has 0 amide bonds. The minimum atomic E-state index is -0.0955. The zero-order valence-electron chi connectivity index (χ0n) is 23.9. The van der Waals surface area contributed by atoms with Gasteiger partial charge in [-0.25, -0.2) is 9.97 Å². The quantitative estimate of drug-likeness (QED) is 0.189. The predicted octanol–water partition coefficient (Wildman–Crippen LogP) is 6.93. The third-order valence-corrected chi connectivity index (χ3v) is 8.73. The standard InChI is InChI=1S/2C19H9N3O/c20-10-11-7-8-16-15(9-11)21-18-13-5-1-3-12-4-2-6-14(17(12)13)19(23)22(16)18;20-10-11-7-8-15-16(9-11)22-18(21-15)13-5-1-3-12-4-2-6-14(17(12)13)19(22)23/h2*1-9H. The van der Waals surface area contributed by atoms with E-state index in [4.69, 9.17) is 10.5 Å². The molecule has 0 atom stereocenters. The second kappa shape index (κ2) is 9.30. The van der Waals surface area contributed by atoms with Crippen molar-refractivity contribution in [2.45, 2.75) is 0 Å². The maximum Gasteiger partial charge on any atom is 0.264 e. The smallest absolute Gasteiger partial charge is 0.264 e. The molecule has 4 aromatic heterocycles. The lowest BCUT2D eigenvalue weighted by Gasteiger charge is -2.06. The van der Waals surface area contributed by atoms with Crippen LogP contribution in [0.2, 0.25) is 0 Å². The molecule has 8 nitrogen and oxygen atoms in total. The molecule has 0 unspecified atom stereocenters. The highest BCUT2D eigenvalue weighted by Crippen LogP contribution is 2.31. The Morgan fingerprint density at radius 2 is 0.978 bits per heavy atom. The van der Waals surface area contributed by atoms with Gasteiger partial charge in [0.25, 0.3) is 11.1 Å². The Balaban J connectivity index is 0.000000127. The molecule has 10 aromatic rings. The summed E-state index contributed by atoms with van der Waals surface area (Å²) in [5, 5.41) is 25.4. The van der Waals surface area contributed by atoms with Crippen LogP contribution < -0.4 is 11.1 Å². The fraction of sp³-hybridized carbons (Fsp3) is 0. The van der Waals surface area contributed by atoms with E-state index >= 15 is 0 Å². The fourth-order valence-corrected chi connectivity index (χ4v) is 6.72. The molecule has 0 aliphatic carbocycles. The molecule has 0 N–H and O–H groups in total. The van der Waals surface area contributed by atoms with E-state index in [9.17, 15) is 9.59 Å². The van der Waals surface area contributed by atoms with Gasteiger partial charge < -0.3 is 0 Å². The van der Waals surface area contributed by atoms with Crippen molar-refractivity contribution in [1.82, 2.24) is 18.8 Å². The minimum absolute atomic E-state index is 0.0727. The summed E-state index contributed by atoms with van der Waals surface area (Å²) in [6.07, 6.45) is 0. The number of pyridine rings is 2. The van der Waals surface area contributed by atoms with E-state index < -0.39 is 0 Å². The van der Waals surface area contributed by atoms with Gasteiger partial charge in [0.1, 0.15) is 11.3 Å². The fourth-order valence-electron chi connectivity index (χ4n) is 6.72. The number of hydrogen-bond acceptors (Lipinski definition) is 6. The van der Waals surface area contributed by atoms with E-state index in [0.29, 0.717) is 44.2 Å². The van der Waals surface area contributed by atoms with Crippen LogP contribution in [-0.4, -0.2) is 18.8 Å². The van der Waals surface area contributed by atoms with Crippen LogP contribution in [0.15, 0.2) is 119 Å². The van der Waals surface area contributed by atoms with Gasteiger partial charge in [-0.15, -0.1) is 0 Å². The van der Waals surface area contributed by atoms with Crippen molar-refractivity contribution in [3.63, 3.8) is 0 Å². The number of aromatic nitrogens is 4. The van der Waals surface area contributed by atoms with Gasteiger partial charge in [0.05, 0.1) is 45.3 Å². The summed E-state index contributed by atoms with van der Waals surface area (Å²) in [6.45, 7) is 0. The first kappa shape index (κ1) is 25.6. The number of imidazole rings is 2. The molecule has 46 heavy (non-hydrogen) atoms. The Bertz CT molecular complexity index is 3050. The van der Waals surface area contributed by atoms with E-state index in [1.807, 2.05) is 72.8 Å². The lowest BCUT2D eigenvalue weighted by atomic mass is 10.0. The topological polar surface area (TPSA) is 116 Å². The molecule has 0 aliphatic heterocycles. The van der Waals surface area contributed by atoms with Crippen molar-refractivity contribution < 1.29 is 0 Å². The van der Waals surface area contributed by atoms with Gasteiger partial charge in [-0.05, 0) is 59.3 Å². The van der Waals surface area contributed by atoms with Crippen molar-refractivity contribution in [3.8, 4) is 12.1 Å². The van der Waals surface area contributed by atoms with Crippen molar-refractivity contribution >= 4 is 76.5 Å². The molecule has 6 aromatic carbocycles. The largest absolute Gasteiger partial charge is 0.268 e. The zero-order valence-corrected chi connectivity index (χ0v) is 23.9. The average molecular weight is 591 g/mol. The minimum Gasteiger partial charge on any atom is -0.268 e. The first-order valence-corrected chi connectivity index (χ1v) is 14.5. The lowest BCUT2D eigenvalue weighted by Crippen LogP contribution is -2.13. The molecule has 4 heterocycles. The highest BCUT2D eigenvalue weighted by molar-refractivity contribution is 6.16. The number of nitrogens with zero attached hydrogens (tertiary/aromatic N) is 6. The Hall–Kier alpha value is -6.90. The van der Waals surface area contributed by atoms with Gasteiger partial charge >= 0.3 is 0 Å². The summed E-state index contributed by atoms with van der Waals surface area (Å²) in [7, 11) is 0. The van der Waals surface area contributed by atoms with Crippen molar-refractivity contribution in [2.75, 3.05) is 0 Å². The van der Waals surface area contributed by atoms with Crippen LogP contribution in [-0.2, 0) is 0 Å². The monoisotopic (exact) mass is 590 g/mol. The van der Waals surface area contributed by atoms with Crippen molar-refractivity contribution in [3.05, 3.63) is 141 Å². The molecule has 0 radical (unpaired) electrons. The predicted molar refractivity (Wildman–Crippen MR) is 180 cm³/mol. The summed E-state index contributed by atoms with van der Waals surface area (Å²) in [4.78, 5) is 35.3. The van der Waals surface area contributed by atoms with Gasteiger partial charge in [-0.1, -0.05) is 60.7 Å². The van der Waals surface area contributed by atoms with Gasteiger partial charge in [0, 0.05) is 32.3 Å². The SMILES string of the molecule is N#Cc1ccc2c(c1)nc1c3cccc4cccc(c(=O)n21)c43.N#Cc1ccc2nc3c4cccc5cccc(c(=O)n3c2c1)c54. The highest BCUT2D eigenvalue weighted by Gasteiger charge is 2.17. The van der Waals surface area contributed by atoms with E-state index in [0.717, 1.165) is 43.4 Å². The van der Waals surface area contributed by atoms with Crippen LogP contribution in [0, 0.1) is 22.7 Å². The Labute approximate surface area is 258 Å². The number of rotatable bonds is 0. The van der Waals surface area contributed by atoms with E-state index in [1.165, 1.54) is 0 Å². The van der Waals surface area contributed by atoms with Crippen molar-refractivity contribution in [1.29, 1.82) is 10.5 Å². The second-order valence-electron chi connectivity index (χ2n) is 11.2. The molecular weight excluding hydrogens is 572 g/mol. The maximum absolute atomic E-state index is 13.0. The molecule has 0 spiro atoms. The van der Waals surface area contributed by atoms with Gasteiger partial charge in [0.2, 0.25) is 0 Å². The van der Waals surface area contributed by atoms with Gasteiger partial charge in [0.15, 0.2) is 0 Å². The van der Waals surface area contributed by atoms with Crippen LogP contribution in [0.3, 0.4) is 0 Å². The lowest BCUT2D eigenvalue weighted by molar-refractivity contribution is 1.19. The third-order valence-electron chi connectivity index (χ3n) is 8.73. The van der Waals surface area contributed by atoms with E-state index in [-0.39, 0.29) is 11.1 Å². The van der Waals surface area contributed by atoms with Crippen molar-refractivity contribution in [2.24, 2.45) is 0 Å². The maximum atomic E-state index is 13.0. The summed E-state index contributed by atoms with van der Waals surface area (Å²) < 4.78 is 3.26. The summed E-state index contributed by atoms with van der Waals surface area (Å²) in [5.41, 5.74) is 4.97. The third kappa shape index (κ3) is 3.41. The first-order valence-electron chi connectivity index (χ1n) is 14.5. The number of nitriles is 2. The van der Waals surface area contributed by atoms with E-state index in [1.54, 1.807) is 45.2 Å².